The van der Waals surface area contributed by atoms with Crippen molar-refractivity contribution in [2.45, 2.75) is 76.4 Å². The van der Waals surface area contributed by atoms with Crippen LogP contribution in [0.3, 0.4) is 0 Å². The number of para-hydroxylation sites is 1. The van der Waals surface area contributed by atoms with Gasteiger partial charge in [0.05, 0.1) is 12.3 Å². The highest BCUT2D eigenvalue weighted by Gasteiger charge is 2.33. The summed E-state index contributed by atoms with van der Waals surface area (Å²) in [6.07, 6.45) is 11.5. The molecule has 2 atom stereocenters. The molecule has 2 N–H and O–H groups in total. The maximum Gasteiger partial charge on any atom is 0.197 e. The van der Waals surface area contributed by atoms with Crippen molar-refractivity contribution in [3.05, 3.63) is 54.1 Å². The van der Waals surface area contributed by atoms with Crippen LogP contribution in [-0.4, -0.2) is 54.6 Å². The maximum atomic E-state index is 6.60. The van der Waals surface area contributed by atoms with Gasteiger partial charge in [-0.15, -0.1) is 0 Å². The Morgan fingerprint density at radius 3 is 2.67 bits per heavy atom. The molecule has 5 rings (SSSR count). The second kappa shape index (κ2) is 12.1. The van der Waals surface area contributed by atoms with Gasteiger partial charge in [0.2, 0.25) is 0 Å². The molecular weight excluding hydrogens is 448 g/mol. The van der Waals surface area contributed by atoms with E-state index in [2.05, 4.69) is 22.9 Å². The summed E-state index contributed by atoms with van der Waals surface area (Å²) >= 11 is 0. The molecule has 0 amide bonds. The average molecular weight is 491 g/mol. The second-order valence-corrected chi connectivity index (χ2v) is 10.8. The number of nitrogens with two attached hydrogens (primary N) is 1. The number of hydrogen-bond acceptors (Lipinski definition) is 6. The standard InChI is InChI=1S/C30H42N4O2/c1-33(25-11-4-2-5-12-25)18-8-15-29(23-10-9-19-35-22-23)34-21-24-20-27(16-17-28(24)32-30(34)31)36-26-13-6-3-7-14-26/h3,6-7,13-14,16-17,20,23,25,29H,2,4-5,8-12,15,18-19,21-22H2,1H3,(H2,31,32). The van der Waals surface area contributed by atoms with Crippen molar-refractivity contribution >= 4 is 11.6 Å². The molecule has 2 fully saturated rings. The number of ether oxygens (including phenoxy) is 2. The maximum absolute atomic E-state index is 6.60. The molecule has 36 heavy (non-hydrogen) atoms. The van der Waals surface area contributed by atoms with Gasteiger partial charge in [0, 0.05) is 36.7 Å². The smallest absolute Gasteiger partial charge is 0.197 e. The summed E-state index contributed by atoms with van der Waals surface area (Å²) in [5.74, 6) is 2.79. The van der Waals surface area contributed by atoms with Gasteiger partial charge in [0.25, 0.3) is 0 Å². The van der Waals surface area contributed by atoms with E-state index in [9.17, 15) is 0 Å². The first-order valence-electron chi connectivity index (χ1n) is 13.9. The quantitative estimate of drug-likeness (QED) is 0.461. The molecule has 6 nitrogen and oxygen atoms in total. The van der Waals surface area contributed by atoms with E-state index >= 15 is 0 Å². The van der Waals surface area contributed by atoms with Crippen molar-refractivity contribution in [1.29, 1.82) is 0 Å². The molecule has 0 spiro atoms. The molecule has 2 aromatic rings. The molecule has 1 aliphatic carbocycles. The van der Waals surface area contributed by atoms with E-state index in [1.54, 1.807) is 0 Å². The Kier molecular flexibility index (Phi) is 8.44. The Balaban J connectivity index is 1.28. The Morgan fingerprint density at radius 1 is 1.06 bits per heavy atom. The van der Waals surface area contributed by atoms with Crippen LogP contribution in [0.15, 0.2) is 53.5 Å². The van der Waals surface area contributed by atoms with Crippen LogP contribution in [0.5, 0.6) is 11.5 Å². The first kappa shape index (κ1) is 25.1. The fourth-order valence-electron chi connectivity index (χ4n) is 6.19. The molecule has 6 heteroatoms. The number of rotatable bonds is 9. The Bertz CT molecular complexity index is 999. The lowest BCUT2D eigenvalue weighted by Gasteiger charge is -2.41. The number of guanidine groups is 1. The molecular formula is C30H42N4O2. The van der Waals surface area contributed by atoms with Crippen LogP contribution >= 0.6 is 0 Å². The van der Waals surface area contributed by atoms with Crippen LogP contribution in [0.1, 0.15) is 63.4 Å². The van der Waals surface area contributed by atoms with Crippen molar-refractivity contribution in [2.24, 2.45) is 16.6 Å². The first-order chi connectivity index (χ1) is 17.7. The van der Waals surface area contributed by atoms with E-state index < -0.39 is 0 Å². The van der Waals surface area contributed by atoms with Gasteiger partial charge >= 0.3 is 0 Å². The summed E-state index contributed by atoms with van der Waals surface area (Å²) in [6.45, 7) is 3.60. The topological polar surface area (TPSA) is 63.3 Å². The van der Waals surface area contributed by atoms with Gasteiger partial charge in [0.15, 0.2) is 5.96 Å². The van der Waals surface area contributed by atoms with Gasteiger partial charge < -0.3 is 25.0 Å². The Labute approximate surface area is 216 Å². The van der Waals surface area contributed by atoms with E-state index in [4.69, 9.17) is 20.2 Å². The summed E-state index contributed by atoms with van der Waals surface area (Å²) in [5.41, 5.74) is 8.71. The van der Waals surface area contributed by atoms with Crippen LogP contribution in [0.4, 0.5) is 5.69 Å². The van der Waals surface area contributed by atoms with Crippen molar-refractivity contribution < 1.29 is 9.47 Å². The molecule has 1 saturated carbocycles. The van der Waals surface area contributed by atoms with Gasteiger partial charge in [0.1, 0.15) is 11.5 Å². The highest BCUT2D eigenvalue weighted by molar-refractivity contribution is 5.84. The lowest BCUT2D eigenvalue weighted by molar-refractivity contribution is 0.0185. The van der Waals surface area contributed by atoms with E-state index in [1.165, 1.54) is 50.5 Å². The van der Waals surface area contributed by atoms with E-state index in [0.29, 0.717) is 17.9 Å². The van der Waals surface area contributed by atoms with Crippen molar-refractivity contribution in [3.63, 3.8) is 0 Å². The zero-order valence-electron chi connectivity index (χ0n) is 21.8. The predicted molar refractivity (Wildman–Crippen MR) is 146 cm³/mol. The molecule has 0 bridgehead atoms. The number of nitrogens with zero attached hydrogens (tertiary/aromatic N) is 3. The van der Waals surface area contributed by atoms with Gasteiger partial charge in [-0.05, 0) is 82.4 Å². The number of aliphatic imine (C=N–C) groups is 1. The van der Waals surface area contributed by atoms with Crippen LogP contribution in [0.25, 0.3) is 0 Å². The molecule has 2 aromatic carbocycles. The summed E-state index contributed by atoms with van der Waals surface area (Å²) in [7, 11) is 2.32. The van der Waals surface area contributed by atoms with Gasteiger partial charge in [-0.3, -0.25) is 0 Å². The average Bonchev–Trinajstić information content (AvgIpc) is 2.92. The third kappa shape index (κ3) is 6.22. The molecule has 3 aliphatic rings. The molecule has 2 heterocycles. The minimum atomic E-state index is 0.334. The molecule has 0 aromatic heterocycles. The third-order valence-corrected chi connectivity index (χ3v) is 8.25. The van der Waals surface area contributed by atoms with Crippen LogP contribution in [0.2, 0.25) is 0 Å². The van der Waals surface area contributed by atoms with Gasteiger partial charge in [-0.25, -0.2) is 4.99 Å². The molecule has 2 aliphatic heterocycles. The monoisotopic (exact) mass is 490 g/mol. The number of fused-ring (bicyclic) bond motifs is 1. The Hall–Kier alpha value is -2.57. The largest absolute Gasteiger partial charge is 0.457 e. The van der Waals surface area contributed by atoms with Crippen molar-refractivity contribution in [1.82, 2.24) is 9.80 Å². The first-order valence-corrected chi connectivity index (χ1v) is 13.9. The fraction of sp³-hybridized carbons (Fsp3) is 0.567. The summed E-state index contributed by atoms with van der Waals surface area (Å²) < 4.78 is 12.0. The van der Waals surface area contributed by atoms with Crippen LogP contribution in [-0.2, 0) is 11.3 Å². The predicted octanol–water partition coefficient (Wildman–Crippen LogP) is 6.08. The summed E-state index contributed by atoms with van der Waals surface area (Å²) in [6, 6.07) is 17.1. The normalized spacial score (nSPS) is 21.7. The Morgan fingerprint density at radius 2 is 1.89 bits per heavy atom. The zero-order valence-corrected chi connectivity index (χ0v) is 21.8. The van der Waals surface area contributed by atoms with Gasteiger partial charge in [-0.2, -0.15) is 0 Å². The molecule has 2 unspecified atom stereocenters. The molecule has 1 saturated heterocycles. The zero-order chi connectivity index (χ0) is 24.7. The number of benzene rings is 2. The third-order valence-electron chi connectivity index (χ3n) is 8.25. The van der Waals surface area contributed by atoms with Crippen LogP contribution in [0, 0.1) is 5.92 Å². The van der Waals surface area contributed by atoms with Crippen molar-refractivity contribution in [3.8, 4) is 11.5 Å². The minimum absolute atomic E-state index is 0.334. The van der Waals surface area contributed by atoms with Crippen molar-refractivity contribution in [2.75, 3.05) is 26.8 Å². The highest BCUT2D eigenvalue weighted by Crippen LogP contribution is 2.35. The van der Waals surface area contributed by atoms with E-state index in [1.807, 2.05) is 42.5 Å². The lowest BCUT2D eigenvalue weighted by atomic mass is 9.88. The summed E-state index contributed by atoms with van der Waals surface area (Å²) in [5, 5.41) is 0. The minimum Gasteiger partial charge on any atom is -0.457 e. The fourth-order valence-corrected chi connectivity index (χ4v) is 6.19. The van der Waals surface area contributed by atoms with Crippen LogP contribution < -0.4 is 10.5 Å². The second-order valence-electron chi connectivity index (χ2n) is 10.8. The SMILES string of the molecule is CN(CCCC(C1CCCOC1)N1Cc2cc(Oc3ccccc3)ccc2N=C1N)C1CCCCC1. The lowest BCUT2D eigenvalue weighted by Crippen LogP contribution is -2.50. The van der Waals surface area contributed by atoms with E-state index in [0.717, 1.165) is 62.4 Å². The molecule has 0 radical (unpaired) electrons. The number of hydrogen-bond donors (Lipinski definition) is 1. The van der Waals surface area contributed by atoms with Gasteiger partial charge in [-0.1, -0.05) is 37.5 Å². The molecule has 194 valence electrons. The van der Waals surface area contributed by atoms with E-state index in [-0.39, 0.29) is 0 Å². The summed E-state index contributed by atoms with van der Waals surface area (Å²) in [4.78, 5) is 9.76. The highest BCUT2D eigenvalue weighted by atomic mass is 16.5.